The first-order valence-electron chi connectivity index (χ1n) is 4.19. The first-order valence-corrected chi connectivity index (χ1v) is 4.98. The third kappa shape index (κ3) is 1.86. The topological polar surface area (TPSA) is 46.2 Å². The van der Waals surface area contributed by atoms with Crippen molar-refractivity contribution < 1.29 is 5.11 Å². The van der Waals surface area contributed by atoms with Gasteiger partial charge in [0.2, 0.25) is 0 Å². The highest BCUT2D eigenvalue weighted by molar-refractivity contribution is 9.10. The predicted molar refractivity (Wildman–Crippen MR) is 57.9 cm³/mol. The third-order valence-corrected chi connectivity index (χ3v) is 3.15. The summed E-state index contributed by atoms with van der Waals surface area (Å²) in [5.41, 5.74) is 8.46. The van der Waals surface area contributed by atoms with E-state index in [-0.39, 0.29) is 6.04 Å². The van der Waals surface area contributed by atoms with Crippen LogP contribution in [0.5, 0.6) is 5.75 Å². The van der Waals surface area contributed by atoms with E-state index in [1.54, 1.807) is 0 Å². The second kappa shape index (κ2) is 3.68. The molecule has 0 aliphatic rings. The fourth-order valence-electron chi connectivity index (χ4n) is 1.23. The number of hydrogen-bond acceptors (Lipinski definition) is 2. The lowest BCUT2D eigenvalue weighted by Gasteiger charge is -2.14. The lowest BCUT2D eigenvalue weighted by molar-refractivity contribution is 0.459. The zero-order valence-corrected chi connectivity index (χ0v) is 9.64. The molecule has 0 fully saturated rings. The first kappa shape index (κ1) is 10.5. The standard InChI is InChI=1S/C10H14BrNO/c1-5-6(2)10(13)8(7(3)12)4-9(5)11/h4,7,13H,12H2,1-3H3/t7-/m0/s1. The minimum absolute atomic E-state index is 0.143. The summed E-state index contributed by atoms with van der Waals surface area (Å²) in [5, 5.41) is 9.77. The number of phenols is 1. The van der Waals surface area contributed by atoms with Gasteiger partial charge in [0.25, 0.3) is 0 Å². The molecule has 3 N–H and O–H groups in total. The number of aromatic hydroxyl groups is 1. The number of phenolic OH excluding ortho intramolecular Hbond substituents is 1. The van der Waals surface area contributed by atoms with Crippen molar-refractivity contribution in [3.05, 3.63) is 27.2 Å². The van der Waals surface area contributed by atoms with E-state index in [0.29, 0.717) is 5.75 Å². The third-order valence-electron chi connectivity index (χ3n) is 2.32. The Kier molecular flexibility index (Phi) is 2.98. The zero-order valence-electron chi connectivity index (χ0n) is 8.06. The molecule has 1 aromatic carbocycles. The molecule has 0 spiro atoms. The van der Waals surface area contributed by atoms with Crippen molar-refractivity contribution in [1.82, 2.24) is 0 Å². The number of rotatable bonds is 1. The Morgan fingerprint density at radius 3 is 2.38 bits per heavy atom. The van der Waals surface area contributed by atoms with Crippen molar-refractivity contribution in [3.8, 4) is 5.75 Å². The smallest absolute Gasteiger partial charge is 0.123 e. The van der Waals surface area contributed by atoms with Crippen LogP contribution in [0.15, 0.2) is 10.5 Å². The van der Waals surface area contributed by atoms with Gasteiger partial charge in [0.1, 0.15) is 5.75 Å². The van der Waals surface area contributed by atoms with Crippen LogP contribution in [0.3, 0.4) is 0 Å². The van der Waals surface area contributed by atoms with Crippen molar-refractivity contribution in [1.29, 1.82) is 0 Å². The molecule has 0 radical (unpaired) electrons. The van der Waals surface area contributed by atoms with Gasteiger partial charge in [0, 0.05) is 16.1 Å². The van der Waals surface area contributed by atoms with Gasteiger partial charge in [0.05, 0.1) is 0 Å². The summed E-state index contributed by atoms with van der Waals surface area (Å²) in [6.07, 6.45) is 0. The zero-order chi connectivity index (χ0) is 10.2. The molecule has 2 nitrogen and oxygen atoms in total. The van der Waals surface area contributed by atoms with Gasteiger partial charge in [-0.3, -0.25) is 0 Å². The van der Waals surface area contributed by atoms with Gasteiger partial charge in [-0.15, -0.1) is 0 Å². The number of hydrogen-bond donors (Lipinski definition) is 2. The van der Waals surface area contributed by atoms with Crippen molar-refractivity contribution >= 4 is 15.9 Å². The predicted octanol–water partition coefficient (Wildman–Crippen LogP) is 2.79. The Morgan fingerprint density at radius 1 is 1.38 bits per heavy atom. The van der Waals surface area contributed by atoms with E-state index in [9.17, 15) is 5.11 Å². The molecule has 0 bridgehead atoms. The fourth-order valence-corrected chi connectivity index (χ4v) is 1.78. The van der Waals surface area contributed by atoms with Crippen molar-refractivity contribution in [2.75, 3.05) is 0 Å². The van der Waals surface area contributed by atoms with Crippen LogP contribution < -0.4 is 5.73 Å². The Balaban J connectivity index is 3.41. The molecule has 0 heterocycles. The van der Waals surface area contributed by atoms with Crippen LogP contribution in [0, 0.1) is 13.8 Å². The Hall–Kier alpha value is -0.540. The van der Waals surface area contributed by atoms with E-state index in [4.69, 9.17) is 5.73 Å². The minimum atomic E-state index is -0.143. The summed E-state index contributed by atoms with van der Waals surface area (Å²) in [7, 11) is 0. The van der Waals surface area contributed by atoms with Crippen molar-refractivity contribution in [3.63, 3.8) is 0 Å². The molecule has 1 atom stereocenters. The normalized spacial score (nSPS) is 13.0. The Bertz CT molecular complexity index is 334. The molecule has 1 aromatic rings. The minimum Gasteiger partial charge on any atom is -0.507 e. The maximum atomic E-state index is 9.77. The molecular formula is C10H14BrNO. The highest BCUT2D eigenvalue weighted by Gasteiger charge is 2.12. The average Bonchev–Trinajstić information content (AvgIpc) is 2.07. The van der Waals surface area contributed by atoms with Crippen LogP contribution in [-0.4, -0.2) is 5.11 Å². The van der Waals surface area contributed by atoms with E-state index in [0.717, 1.165) is 21.2 Å². The molecule has 13 heavy (non-hydrogen) atoms. The molecule has 72 valence electrons. The van der Waals surface area contributed by atoms with Crippen LogP contribution in [-0.2, 0) is 0 Å². The molecule has 0 aliphatic heterocycles. The van der Waals surface area contributed by atoms with E-state index in [2.05, 4.69) is 15.9 Å². The highest BCUT2D eigenvalue weighted by atomic mass is 79.9. The maximum Gasteiger partial charge on any atom is 0.123 e. The quantitative estimate of drug-likeness (QED) is 0.797. The second-order valence-electron chi connectivity index (χ2n) is 3.33. The van der Waals surface area contributed by atoms with E-state index >= 15 is 0 Å². The number of benzene rings is 1. The Labute approximate surface area is 86.9 Å². The number of nitrogens with two attached hydrogens (primary N) is 1. The molecule has 0 aromatic heterocycles. The summed E-state index contributed by atoms with van der Waals surface area (Å²) < 4.78 is 0.995. The van der Waals surface area contributed by atoms with Crippen LogP contribution in [0.25, 0.3) is 0 Å². The first-order chi connectivity index (χ1) is 5.95. The van der Waals surface area contributed by atoms with Crippen LogP contribution >= 0.6 is 15.9 Å². The molecular weight excluding hydrogens is 230 g/mol. The largest absolute Gasteiger partial charge is 0.507 e. The summed E-state index contributed by atoms with van der Waals surface area (Å²) in [6, 6.07) is 1.73. The number of halogens is 1. The lowest BCUT2D eigenvalue weighted by atomic mass is 10.0. The monoisotopic (exact) mass is 243 g/mol. The fraction of sp³-hybridized carbons (Fsp3) is 0.400. The molecule has 3 heteroatoms. The van der Waals surface area contributed by atoms with E-state index in [1.165, 1.54) is 0 Å². The molecule has 0 saturated carbocycles. The van der Waals surface area contributed by atoms with Crippen LogP contribution in [0.2, 0.25) is 0 Å². The summed E-state index contributed by atoms with van der Waals surface area (Å²) in [4.78, 5) is 0. The van der Waals surface area contributed by atoms with Crippen LogP contribution in [0.1, 0.15) is 29.7 Å². The Morgan fingerprint density at radius 2 is 1.92 bits per heavy atom. The average molecular weight is 244 g/mol. The van der Waals surface area contributed by atoms with Crippen molar-refractivity contribution in [2.45, 2.75) is 26.8 Å². The molecule has 0 amide bonds. The highest BCUT2D eigenvalue weighted by Crippen LogP contribution is 2.33. The van der Waals surface area contributed by atoms with Gasteiger partial charge in [-0.2, -0.15) is 0 Å². The molecule has 0 saturated heterocycles. The summed E-state index contributed by atoms with van der Waals surface area (Å²) >= 11 is 3.43. The molecule has 0 aliphatic carbocycles. The van der Waals surface area contributed by atoms with Gasteiger partial charge in [0.15, 0.2) is 0 Å². The molecule has 1 rings (SSSR count). The van der Waals surface area contributed by atoms with Gasteiger partial charge >= 0.3 is 0 Å². The lowest BCUT2D eigenvalue weighted by Crippen LogP contribution is -2.06. The summed E-state index contributed by atoms with van der Waals surface area (Å²) in [6.45, 7) is 5.71. The van der Waals surface area contributed by atoms with Gasteiger partial charge < -0.3 is 10.8 Å². The van der Waals surface area contributed by atoms with E-state index < -0.39 is 0 Å². The second-order valence-corrected chi connectivity index (χ2v) is 4.19. The van der Waals surface area contributed by atoms with Crippen LogP contribution in [0.4, 0.5) is 0 Å². The molecule has 0 unspecified atom stereocenters. The summed E-state index contributed by atoms with van der Waals surface area (Å²) in [5.74, 6) is 0.315. The SMILES string of the molecule is Cc1c(Br)cc([C@H](C)N)c(O)c1C. The van der Waals surface area contributed by atoms with Crippen molar-refractivity contribution in [2.24, 2.45) is 5.73 Å². The van der Waals surface area contributed by atoms with Gasteiger partial charge in [-0.25, -0.2) is 0 Å². The van der Waals surface area contributed by atoms with Gasteiger partial charge in [-0.05, 0) is 38.0 Å². The van der Waals surface area contributed by atoms with Gasteiger partial charge in [-0.1, -0.05) is 15.9 Å². The van der Waals surface area contributed by atoms with E-state index in [1.807, 2.05) is 26.8 Å². The maximum absolute atomic E-state index is 9.77.